The van der Waals surface area contributed by atoms with Gasteiger partial charge in [0.2, 0.25) is 0 Å². The van der Waals surface area contributed by atoms with Crippen molar-refractivity contribution in [3.63, 3.8) is 0 Å². The van der Waals surface area contributed by atoms with Gasteiger partial charge in [-0.05, 0) is 13.0 Å². The molecule has 0 saturated carbocycles. The number of aromatic nitrogens is 2. The number of rotatable bonds is 2. The molecule has 1 atom stereocenters. The fraction of sp³-hybridized carbons (Fsp3) is 0.333. The van der Waals surface area contributed by atoms with Crippen LogP contribution in [0.25, 0.3) is 0 Å². The average Bonchev–Trinajstić information content (AvgIpc) is 2.05. The third-order valence-electron chi connectivity index (χ3n) is 1.04. The summed E-state index contributed by atoms with van der Waals surface area (Å²) in [5, 5.41) is 7.87. The fourth-order valence-electron chi connectivity index (χ4n) is 0.557. The molecule has 0 aliphatic rings. The summed E-state index contributed by atoms with van der Waals surface area (Å²) < 4.78 is 11.0. The first-order valence-electron chi connectivity index (χ1n) is 3.00. The second kappa shape index (κ2) is 3.53. The first-order valence-corrected chi connectivity index (χ1v) is 4.32. The minimum Gasteiger partial charge on any atom is -0.610 e. The van der Waals surface area contributed by atoms with Gasteiger partial charge in [0.15, 0.2) is 0 Å². The van der Waals surface area contributed by atoms with Crippen molar-refractivity contribution in [2.45, 2.75) is 11.9 Å². The minimum atomic E-state index is -0.964. The maximum atomic E-state index is 11.0. The normalized spacial score (nSPS) is 13.0. The molecule has 1 rings (SSSR count). The van der Waals surface area contributed by atoms with E-state index in [1.54, 1.807) is 18.3 Å². The monoisotopic (exact) mass is 156 g/mol. The summed E-state index contributed by atoms with van der Waals surface area (Å²) in [5.41, 5.74) is 0. The van der Waals surface area contributed by atoms with Crippen LogP contribution < -0.4 is 0 Å². The van der Waals surface area contributed by atoms with Crippen LogP contribution in [0.3, 0.4) is 0 Å². The highest BCUT2D eigenvalue weighted by atomic mass is 32.2. The Kier molecular flexibility index (Phi) is 2.65. The van der Waals surface area contributed by atoms with Gasteiger partial charge in [-0.3, -0.25) is 0 Å². The van der Waals surface area contributed by atoms with Crippen molar-refractivity contribution in [1.29, 1.82) is 0 Å². The Morgan fingerprint density at radius 1 is 1.70 bits per heavy atom. The van der Waals surface area contributed by atoms with Crippen LogP contribution in [0.4, 0.5) is 0 Å². The van der Waals surface area contributed by atoms with E-state index in [-0.39, 0.29) is 0 Å². The third kappa shape index (κ3) is 1.68. The predicted molar refractivity (Wildman–Crippen MR) is 39.0 cm³/mol. The van der Waals surface area contributed by atoms with E-state index in [0.717, 1.165) is 0 Å². The van der Waals surface area contributed by atoms with Gasteiger partial charge in [-0.15, -0.1) is 0 Å². The molecule has 0 bridgehead atoms. The van der Waals surface area contributed by atoms with E-state index < -0.39 is 11.2 Å². The topological polar surface area (TPSA) is 48.8 Å². The Bertz CT molecular complexity index is 192. The van der Waals surface area contributed by atoms with Crippen molar-refractivity contribution in [1.82, 2.24) is 10.2 Å². The molecule has 10 heavy (non-hydrogen) atoms. The molecule has 0 aliphatic carbocycles. The standard InChI is InChI=1S/C6H8N2OS/c1-2-10(9)6-4-3-5-7-8-6/h3-5H,2H2,1H3. The summed E-state index contributed by atoms with van der Waals surface area (Å²) in [6.45, 7) is 1.85. The molecule has 1 unspecified atom stereocenters. The van der Waals surface area contributed by atoms with E-state index in [0.29, 0.717) is 10.8 Å². The summed E-state index contributed by atoms with van der Waals surface area (Å²) in [6, 6.07) is 3.45. The zero-order valence-electron chi connectivity index (χ0n) is 5.65. The SMILES string of the molecule is CC[S+]([O-])c1cccnn1. The van der Waals surface area contributed by atoms with Gasteiger partial charge in [0.1, 0.15) is 5.75 Å². The van der Waals surface area contributed by atoms with E-state index >= 15 is 0 Å². The molecule has 1 aromatic heterocycles. The van der Waals surface area contributed by atoms with Gasteiger partial charge in [-0.2, -0.15) is 5.10 Å². The second-order valence-corrected chi connectivity index (χ2v) is 3.38. The first kappa shape index (κ1) is 7.50. The molecule has 0 saturated heterocycles. The van der Waals surface area contributed by atoms with E-state index in [9.17, 15) is 4.55 Å². The van der Waals surface area contributed by atoms with Crippen LogP contribution >= 0.6 is 0 Å². The van der Waals surface area contributed by atoms with Crippen LogP contribution in [0.5, 0.6) is 0 Å². The van der Waals surface area contributed by atoms with Crippen molar-refractivity contribution in [2.24, 2.45) is 0 Å². The lowest BCUT2D eigenvalue weighted by atomic mass is 10.6. The lowest BCUT2D eigenvalue weighted by Crippen LogP contribution is -2.06. The average molecular weight is 156 g/mol. The third-order valence-corrected chi connectivity index (χ3v) is 2.25. The molecule has 0 amide bonds. The maximum absolute atomic E-state index is 11.0. The minimum absolute atomic E-state index is 0.560. The van der Waals surface area contributed by atoms with E-state index in [1.807, 2.05) is 6.92 Å². The van der Waals surface area contributed by atoms with Gasteiger partial charge < -0.3 is 4.55 Å². The van der Waals surface area contributed by atoms with Crippen molar-refractivity contribution in [3.8, 4) is 0 Å². The Morgan fingerprint density at radius 3 is 3.00 bits per heavy atom. The molecular formula is C6H8N2OS. The molecule has 54 valence electrons. The van der Waals surface area contributed by atoms with E-state index in [1.165, 1.54) is 0 Å². The lowest BCUT2D eigenvalue weighted by molar-refractivity contribution is 0.590. The molecule has 0 aliphatic heterocycles. The summed E-state index contributed by atoms with van der Waals surface area (Å²) in [7, 11) is 0. The summed E-state index contributed by atoms with van der Waals surface area (Å²) in [4.78, 5) is 0. The van der Waals surface area contributed by atoms with Crippen molar-refractivity contribution in [3.05, 3.63) is 18.3 Å². The quantitative estimate of drug-likeness (QED) is 0.589. The Balaban J connectivity index is 2.75. The number of hydrogen-bond acceptors (Lipinski definition) is 3. The van der Waals surface area contributed by atoms with Gasteiger partial charge in [0, 0.05) is 23.4 Å². The van der Waals surface area contributed by atoms with Crippen LogP contribution in [0.1, 0.15) is 6.92 Å². The molecule has 0 spiro atoms. The molecule has 0 N–H and O–H groups in total. The summed E-state index contributed by atoms with van der Waals surface area (Å²) >= 11 is -0.964. The van der Waals surface area contributed by atoms with Crippen LogP contribution in [0.15, 0.2) is 23.4 Å². The van der Waals surface area contributed by atoms with Crippen molar-refractivity contribution < 1.29 is 4.55 Å². The van der Waals surface area contributed by atoms with Crippen LogP contribution in [0, 0.1) is 0 Å². The zero-order chi connectivity index (χ0) is 7.40. The van der Waals surface area contributed by atoms with Gasteiger partial charge in [0.25, 0.3) is 5.03 Å². The number of nitrogens with zero attached hydrogens (tertiary/aromatic N) is 2. The first-order chi connectivity index (χ1) is 4.84. The largest absolute Gasteiger partial charge is 0.610 e. The smallest absolute Gasteiger partial charge is 0.263 e. The Labute approximate surface area is 62.7 Å². The Morgan fingerprint density at radius 2 is 2.50 bits per heavy atom. The summed E-state index contributed by atoms with van der Waals surface area (Å²) in [6.07, 6.45) is 1.57. The molecule has 1 heterocycles. The van der Waals surface area contributed by atoms with Crippen LogP contribution in [0.2, 0.25) is 0 Å². The van der Waals surface area contributed by atoms with E-state index in [2.05, 4.69) is 10.2 Å². The second-order valence-electron chi connectivity index (χ2n) is 1.70. The summed E-state index contributed by atoms with van der Waals surface area (Å²) in [5.74, 6) is 0.596. The van der Waals surface area contributed by atoms with Gasteiger partial charge in [0.05, 0.1) is 0 Å². The molecule has 3 nitrogen and oxygen atoms in total. The number of hydrogen-bond donors (Lipinski definition) is 0. The highest BCUT2D eigenvalue weighted by Gasteiger charge is 2.07. The maximum Gasteiger partial charge on any atom is 0.263 e. The Hall–Kier alpha value is -0.610. The highest BCUT2D eigenvalue weighted by Crippen LogP contribution is 2.03. The highest BCUT2D eigenvalue weighted by molar-refractivity contribution is 7.91. The fourth-order valence-corrected chi connectivity index (χ4v) is 1.22. The van der Waals surface area contributed by atoms with Crippen molar-refractivity contribution >= 4 is 11.2 Å². The van der Waals surface area contributed by atoms with Gasteiger partial charge >= 0.3 is 0 Å². The van der Waals surface area contributed by atoms with Crippen molar-refractivity contribution in [2.75, 3.05) is 5.75 Å². The van der Waals surface area contributed by atoms with Gasteiger partial charge in [-0.25, -0.2) is 0 Å². The molecule has 1 aromatic rings. The van der Waals surface area contributed by atoms with Crippen LogP contribution in [-0.2, 0) is 11.2 Å². The van der Waals surface area contributed by atoms with Crippen LogP contribution in [-0.4, -0.2) is 20.5 Å². The molecule has 0 fully saturated rings. The molecule has 4 heteroatoms. The zero-order valence-corrected chi connectivity index (χ0v) is 6.47. The van der Waals surface area contributed by atoms with E-state index in [4.69, 9.17) is 0 Å². The molecule has 0 radical (unpaired) electrons. The lowest BCUT2D eigenvalue weighted by Gasteiger charge is -2.03. The molecular weight excluding hydrogens is 148 g/mol. The predicted octanol–water partition coefficient (Wildman–Crippen LogP) is 0.604. The molecule has 0 aromatic carbocycles. The van der Waals surface area contributed by atoms with Gasteiger partial charge in [-0.1, -0.05) is 5.10 Å².